The highest BCUT2D eigenvalue weighted by Crippen LogP contribution is 2.29. The molecule has 0 unspecified atom stereocenters. The van der Waals surface area contributed by atoms with Gasteiger partial charge in [-0.05, 0) is 31.9 Å². The van der Waals surface area contributed by atoms with Gasteiger partial charge in [0.15, 0.2) is 0 Å². The molecular formula is C15H24N4O2S. The molecule has 0 aliphatic carbocycles. The van der Waals surface area contributed by atoms with Crippen LogP contribution in [-0.2, 0) is 11.3 Å². The topological polar surface area (TPSA) is 68.2 Å². The zero-order valence-electron chi connectivity index (χ0n) is 13.0. The van der Waals surface area contributed by atoms with Gasteiger partial charge in [-0.1, -0.05) is 0 Å². The van der Waals surface area contributed by atoms with E-state index in [2.05, 4.69) is 22.7 Å². The minimum absolute atomic E-state index is 0.0192. The zero-order chi connectivity index (χ0) is 15.4. The number of aromatic nitrogens is 2. The minimum atomic E-state index is -0.0908. The Hall–Kier alpha value is -1.21. The van der Waals surface area contributed by atoms with E-state index in [4.69, 9.17) is 4.74 Å². The fourth-order valence-corrected chi connectivity index (χ4v) is 4.20. The number of urea groups is 1. The molecule has 3 atom stereocenters. The second-order valence-electron chi connectivity index (χ2n) is 5.81. The third-order valence-corrected chi connectivity index (χ3v) is 5.63. The third-order valence-electron chi connectivity index (χ3n) is 4.23. The lowest BCUT2D eigenvalue weighted by Gasteiger charge is -2.19. The first-order valence-corrected chi connectivity index (χ1v) is 9.11. The van der Waals surface area contributed by atoms with Crippen molar-refractivity contribution in [1.82, 2.24) is 20.4 Å². The summed E-state index contributed by atoms with van der Waals surface area (Å²) in [7, 11) is 0. The third kappa shape index (κ3) is 3.76. The summed E-state index contributed by atoms with van der Waals surface area (Å²) in [6.45, 7) is 4.31. The Balaban J connectivity index is 1.50. The van der Waals surface area contributed by atoms with E-state index in [1.165, 1.54) is 18.6 Å². The molecule has 122 valence electrons. The summed E-state index contributed by atoms with van der Waals surface area (Å²) in [6.07, 6.45) is 7.05. The maximum absolute atomic E-state index is 12.1. The standard InChI is InChI=1S/C15H24N4O2S/c1-2-19-10-11(8-17-19)14-13(5-6-21-14)18-15(20)16-9-12-4-3-7-22-12/h8,10,12-14H,2-7,9H2,1H3,(H2,16,18,20)/t12-,13+,14-/m1/s1. The normalized spacial score (nSPS) is 28.0. The summed E-state index contributed by atoms with van der Waals surface area (Å²) in [6, 6.07) is -0.0679. The number of carbonyl (C=O) groups is 1. The predicted molar refractivity (Wildman–Crippen MR) is 87.0 cm³/mol. The van der Waals surface area contributed by atoms with Gasteiger partial charge in [0.1, 0.15) is 6.10 Å². The van der Waals surface area contributed by atoms with Crippen LogP contribution in [0.5, 0.6) is 0 Å². The number of hydrogen-bond donors (Lipinski definition) is 2. The molecular weight excluding hydrogens is 300 g/mol. The maximum Gasteiger partial charge on any atom is 0.315 e. The molecule has 22 heavy (non-hydrogen) atoms. The van der Waals surface area contributed by atoms with Crippen molar-refractivity contribution in [2.24, 2.45) is 0 Å². The van der Waals surface area contributed by atoms with Crippen LogP contribution in [0.3, 0.4) is 0 Å². The number of thioether (sulfide) groups is 1. The smallest absolute Gasteiger partial charge is 0.315 e. The Bertz CT molecular complexity index is 501. The quantitative estimate of drug-likeness (QED) is 0.868. The number of amides is 2. The van der Waals surface area contributed by atoms with Gasteiger partial charge >= 0.3 is 6.03 Å². The Kier molecular flexibility index (Phi) is 5.25. The molecule has 2 aliphatic rings. The van der Waals surface area contributed by atoms with Crippen LogP contribution in [0.25, 0.3) is 0 Å². The lowest BCUT2D eigenvalue weighted by Crippen LogP contribution is -2.44. The number of nitrogens with one attached hydrogen (secondary N) is 2. The van der Waals surface area contributed by atoms with Crippen LogP contribution >= 0.6 is 11.8 Å². The Morgan fingerprint density at radius 2 is 2.45 bits per heavy atom. The van der Waals surface area contributed by atoms with Crippen molar-refractivity contribution in [3.8, 4) is 0 Å². The van der Waals surface area contributed by atoms with Gasteiger partial charge in [0.2, 0.25) is 0 Å². The van der Waals surface area contributed by atoms with E-state index in [9.17, 15) is 4.79 Å². The molecule has 2 saturated heterocycles. The molecule has 0 radical (unpaired) electrons. The first-order chi connectivity index (χ1) is 10.8. The fourth-order valence-electron chi connectivity index (χ4n) is 3.00. The monoisotopic (exact) mass is 324 g/mol. The summed E-state index contributed by atoms with van der Waals surface area (Å²) in [5, 5.41) is 10.9. The van der Waals surface area contributed by atoms with Gasteiger partial charge in [-0.2, -0.15) is 16.9 Å². The average molecular weight is 324 g/mol. The molecule has 2 amide bonds. The zero-order valence-corrected chi connectivity index (χ0v) is 13.8. The molecule has 3 rings (SSSR count). The van der Waals surface area contributed by atoms with Crippen molar-refractivity contribution in [3.05, 3.63) is 18.0 Å². The Morgan fingerprint density at radius 3 is 3.18 bits per heavy atom. The van der Waals surface area contributed by atoms with Crippen LogP contribution < -0.4 is 10.6 Å². The molecule has 6 nitrogen and oxygen atoms in total. The van der Waals surface area contributed by atoms with Crippen molar-refractivity contribution >= 4 is 17.8 Å². The first kappa shape index (κ1) is 15.7. The second-order valence-corrected chi connectivity index (χ2v) is 7.21. The van der Waals surface area contributed by atoms with Crippen LogP contribution in [0.1, 0.15) is 37.9 Å². The van der Waals surface area contributed by atoms with E-state index in [-0.39, 0.29) is 18.2 Å². The molecule has 7 heteroatoms. The number of hydrogen-bond acceptors (Lipinski definition) is 4. The minimum Gasteiger partial charge on any atom is -0.371 e. The highest BCUT2D eigenvalue weighted by molar-refractivity contribution is 8.00. The van der Waals surface area contributed by atoms with Crippen molar-refractivity contribution in [2.75, 3.05) is 18.9 Å². The summed E-state index contributed by atoms with van der Waals surface area (Å²) in [4.78, 5) is 12.1. The van der Waals surface area contributed by atoms with E-state index in [0.29, 0.717) is 11.9 Å². The summed E-state index contributed by atoms with van der Waals surface area (Å²) < 4.78 is 7.67. The van der Waals surface area contributed by atoms with Crippen molar-refractivity contribution < 1.29 is 9.53 Å². The van der Waals surface area contributed by atoms with Gasteiger partial charge < -0.3 is 15.4 Å². The van der Waals surface area contributed by atoms with Crippen LogP contribution in [0.2, 0.25) is 0 Å². The molecule has 1 aromatic heterocycles. The van der Waals surface area contributed by atoms with E-state index >= 15 is 0 Å². The van der Waals surface area contributed by atoms with E-state index in [1.54, 1.807) is 0 Å². The molecule has 2 fully saturated rings. The van der Waals surface area contributed by atoms with Crippen LogP contribution in [0.4, 0.5) is 4.79 Å². The van der Waals surface area contributed by atoms with E-state index in [1.807, 2.05) is 28.8 Å². The van der Waals surface area contributed by atoms with Crippen molar-refractivity contribution in [1.29, 1.82) is 0 Å². The van der Waals surface area contributed by atoms with Crippen molar-refractivity contribution in [2.45, 2.75) is 50.1 Å². The number of rotatable bonds is 5. The van der Waals surface area contributed by atoms with Crippen molar-refractivity contribution in [3.63, 3.8) is 0 Å². The number of aryl methyl sites for hydroxylation is 1. The molecule has 0 bridgehead atoms. The van der Waals surface area contributed by atoms with E-state index in [0.717, 1.165) is 25.1 Å². The second kappa shape index (κ2) is 7.37. The summed E-state index contributed by atoms with van der Waals surface area (Å²) >= 11 is 1.95. The first-order valence-electron chi connectivity index (χ1n) is 8.06. The lowest BCUT2D eigenvalue weighted by atomic mass is 10.1. The molecule has 0 aromatic carbocycles. The molecule has 1 aromatic rings. The largest absolute Gasteiger partial charge is 0.371 e. The highest BCUT2D eigenvalue weighted by atomic mass is 32.2. The molecule has 2 aliphatic heterocycles. The summed E-state index contributed by atoms with van der Waals surface area (Å²) in [5.41, 5.74) is 1.04. The number of ether oxygens (including phenoxy) is 1. The SMILES string of the molecule is CCn1cc([C@H]2OCC[C@@H]2NC(=O)NC[C@H]2CCCS2)cn1. The van der Waals surface area contributed by atoms with Gasteiger partial charge in [-0.3, -0.25) is 4.68 Å². The molecule has 2 N–H and O–H groups in total. The maximum atomic E-state index is 12.1. The number of nitrogens with zero attached hydrogens (tertiary/aromatic N) is 2. The van der Waals surface area contributed by atoms with Gasteiger partial charge in [0.05, 0.1) is 12.2 Å². The molecule has 3 heterocycles. The lowest BCUT2D eigenvalue weighted by molar-refractivity contribution is 0.0998. The summed E-state index contributed by atoms with van der Waals surface area (Å²) in [5.74, 6) is 1.22. The van der Waals surface area contributed by atoms with Crippen LogP contribution in [0, 0.1) is 0 Å². The van der Waals surface area contributed by atoms with Crippen LogP contribution in [-0.4, -0.2) is 46.0 Å². The Morgan fingerprint density at radius 1 is 1.55 bits per heavy atom. The molecule has 0 spiro atoms. The van der Waals surface area contributed by atoms with E-state index < -0.39 is 0 Å². The Labute approximate surface area is 135 Å². The van der Waals surface area contributed by atoms with Gasteiger partial charge in [0.25, 0.3) is 0 Å². The van der Waals surface area contributed by atoms with Gasteiger partial charge in [0, 0.05) is 36.7 Å². The molecule has 0 saturated carbocycles. The van der Waals surface area contributed by atoms with Gasteiger partial charge in [-0.25, -0.2) is 4.79 Å². The average Bonchev–Trinajstić information content (AvgIpc) is 3.26. The number of carbonyl (C=O) groups excluding carboxylic acids is 1. The highest BCUT2D eigenvalue weighted by Gasteiger charge is 2.32. The fraction of sp³-hybridized carbons (Fsp3) is 0.733. The van der Waals surface area contributed by atoms with Gasteiger partial charge in [-0.15, -0.1) is 0 Å². The van der Waals surface area contributed by atoms with Crippen LogP contribution in [0.15, 0.2) is 12.4 Å². The predicted octanol–water partition coefficient (Wildman–Crippen LogP) is 1.93.